The van der Waals surface area contributed by atoms with Crippen LogP contribution in [0.15, 0.2) is 36.7 Å². The number of imidazole rings is 1. The highest BCUT2D eigenvalue weighted by Gasteiger charge is 2.20. The minimum atomic E-state index is -1.09. The lowest BCUT2D eigenvalue weighted by atomic mass is 10.2. The van der Waals surface area contributed by atoms with Crippen LogP contribution in [0.25, 0.3) is 16.9 Å². The first-order chi connectivity index (χ1) is 13.0. The number of carboxylic acids is 1. The lowest BCUT2D eigenvalue weighted by molar-refractivity contribution is -0.129. The van der Waals surface area contributed by atoms with Gasteiger partial charge in [0.2, 0.25) is 5.91 Å². The van der Waals surface area contributed by atoms with Crippen molar-refractivity contribution in [2.45, 2.75) is 6.92 Å². The van der Waals surface area contributed by atoms with Crippen LogP contribution in [-0.2, 0) is 4.79 Å². The number of piperazine rings is 1. The van der Waals surface area contributed by atoms with Crippen LogP contribution < -0.4 is 4.90 Å². The number of aromatic nitrogens is 4. The molecule has 1 N–H and O–H groups in total. The highest BCUT2D eigenvalue weighted by molar-refractivity contribution is 5.85. The summed E-state index contributed by atoms with van der Waals surface area (Å²) in [4.78, 5) is 35.4. The van der Waals surface area contributed by atoms with E-state index in [9.17, 15) is 14.7 Å². The first-order valence-electron chi connectivity index (χ1n) is 8.58. The molecule has 9 heteroatoms. The molecule has 0 unspecified atom stereocenters. The molecule has 0 spiro atoms. The number of hydrogen-bond acceptors (Lipinski definition) is 6. The Hall–Kier alpha value is -3.49. The zero-order valence-electron chi connectivity index (χ0n) is 14.7. The first kappa shape index (κ1) is 17.0. The molecule has 4 rings (SSSR count). The minimum absolute atomic E-state index is 0.0450. The van der Waals surface area contributed by atoms with Crippen LogP contribution in [0.5, 0.6) is 0 Å². The van der Waals surface area contributed by atoms with Crippen molar-refractivity contribution in [1.29, 1.82) is 0 Å². The molecule has 3 aromatic rings. The highest BCUT2D eigenvalue weighted by atomic mass is 16.4. The SMILES string of the molecule is CC(=O)N1CCN(c2cc(-c3cnc4ccc(C(=O)O)nn34)ccn2)CC1. The zero-order valence-corrected chi connectivity index (χ0v) is 14.7. The Bertz CT molecular complexity index is 1020. The van der Waals surface area contributed by atoms with Gasteiger partial charge in [-0.05, 0) is 24.3 Å². The number of carbonyl (C=O) groups excluding carboxylic acids is 1. The van der Waals surface area contributed by atoms with Crippen LogP contribution in [0, 0.1) is 0 Å². The molecule has 0 atom stereocenters. The van der Waals surface area contributed by atoms with Gasteiger partial charge in [-0.25, -0.2) is 19.3 Å². The van der Waals surface area contributed by atoms with Gasteiger partial charge in [-0.1, -0.05) is 0 Å². The molecule has 0 radical (unpaired) electrons. The molecule has 9 nitrogen and oxygen atoms in total. The molecule has 1 aliphatic rings. The van der Waals surface area contributed by atoms with E-state index in [-0.39, 0.29) is 11.6 Å². The van der Waals surface area contributed by atoms with Gasteiger partial charge in [0.1, 0.15) is 5.82 Å². The summed E-state index contributed by atoms with van der Waals surface area (Å²) >= 11 is 0. The second kappa shape index (κ2) is 6.67. The second-order valence-electron chi connectivity index (χ2n) is 6.33. The molecule has 4 heterocycles. The van der Waals surface area contributed by atoms with E-state index in [2.05, 4.69) is 20.0 Å². The van der Waals surface area contributed by atoms with E-state index in [1.54, 1.807) is 25.4 Å². The number of rotatable bonds is 3. The molecule has 1 aliphatic heterocycles. The van der Waals surface area contributed by atoms with Gasteiger partial charge >= 0.3 is 5.97 Å². The lowest BCUT2D eigenvalue weighted by Gasteiger charge is -2.35. The van der Waals surface area contributed by atoms with E-state index in [0.717, 1.165) is 11.4 Å². The summed E-state index contributed by atoms with van der Waals surface area (Å²) in [5.41, 5.74) is 2.07. The second-order valence-corrected chi connectivity index (χ2v) is 6.33. The number of hydrogen-bond donors (Lipinski definition) is 1. The Morgan fingerprint density at radius 2 is 1.85 bits per heavy atom. The van der Waals surface area contributed by atoms with Crippen molar-refractivity contribution in [2.75, 3.05) is 31.1 Å². The minimum Gasteiger partial charge on any atom is -0.476 e. The summed E-state index contributed by atoms with van der Waals surface area (Å²) in [6.07, 6.45) is 3.38. The van der Waals surface area contributed by atoms with Crippen LogP contribution in [0.4, 0.5) is 5.82 Å². The van der Waals surface area contributed by atoms with Crippen molar-refractivity contribution in [3.63, 3.8) is 0 Å². The number of amides is 1. The summed E-state index contributed by atoms with van der Waals surface area (Å²) in [7, 11) is 0. The maximum atomic E-state index is 11.5. The first-order valence-corrected chi connectivity index (χ1v) is 8.58. The molecule has 1 amide bonds. The van der Waals surface area contributed by atoms with E-state index in [0.29, 0.717) is 37.5 Å². The summed E-state index contributed by atoms with van der Waals surface area (Å²) in [5, 5.41) is 13.3. The predicted octanol–water partition coefficient (Wildman–Crippen LogP) is 1.16. The van der Waals surface area contributed by atoms with Crippen molar-refractivity contribution < 1.29 is 14.7 Å². The summed E-state index contributed by atoms with van der Waals surface area (Å²) in [5.74, 6) is -0.197. The third kappa shape index (κ3) is 3.19. The zero-order chi connectivity index (χ0) is 19.0. The van der Waals surface area contributed by atoms with Gasteiger partial charge < -0.3 is 14.9 Å². The molecule has 1 saturated heterocycles. The average Bonchev–Trinajstić information content (AvgIpc) is 3.11. The Balaban J connectivity index is 1.65. The number of pyridine rings is 1. The number of anilines is 1. The van der Waals surface area contributed by atoms with Gasteiger partial charge in [-0.2, -0.15) is 5.10 Å². The molecule has 1 fully saturated rings. The van der Waals surface area contributed by atoms with Gasteiger partial charge in [-0.15, -0.1) is 0 Å². The smallest absolute Gasteiger partial charge is 0.356 e. The maximum Gasteiger partial charge on any atom is 0.356 e. The van der Waals surface area contributed by atoms with Crippen LogP contribution in [0.1, 0.15) is 17.4 Å². The molecule has 138 valence electrons. The summed E-state index contributed by atoms with van der Waals surface area (Å²) in [6, 6.07) is 6.83. The van der Waals surface area contributed by atoms with Crippen molar-refractivity contribution in [1.82, 2.24) is 24.5 Å². The Kier molecular flexibility index (Phi) is 4.19. The molecule has 0 aliphatic carbocycles. The molecule has 27 heavy (non-hydrogen) atoms. The standard InChI is InChI=1S/C18H18N6O3/c1-12(25)22-6-8-23(9-7-22)17-10-13(4-5-19-17)15-11-20-16-3-2-14(18(26)27)21-24(15)16/h2-5,10-11H,6-9H2,1H3,(H,26,27). The van der Waals surface area contributed by atoms with Gasteiger partial charge in [0, 0.05) is 44.9 Å². The van der Waals surface area contributed by atoms with E-state index >= 15 is 0 Å². The molecule has 0 bridgehead atoms. The third-order valence-electron chi connectivity index (χ3n) is 4.67. The van der Waals surface area contributed by atoms with E-state index < -0.39 is 5.97 Å². The number of fused-ring (bicyclic) bond motifs is 1. The van der Waals surface area contributed by atoms with E-state index in [4.69, 9.17) is 0 Å². The fourth-order valence-electron chi connectivity index (χ4n) is 3.19. The van der Waals surface area contributed by atoms with Crippen molar-refractivity contribution >= 4 is 23.3 Å². The summed E-state index contributed by atoms with van der Waals surface area (Å²) in [6.45, 7) is 4.34. The number of aromatic carboxylic acids is 1. The molecular formula is C18H18N6O3. The van der Waals surface area contributed by atoms with Crippen molar-refractivity contribution in [3.05, 3.63) is 42.4 Å². The van der Waals surface area contributed by atoms with Crippen LogP contribution in [-0.4, -0.2) is 67.6 Å². The van der Waals surface area contributed by atoms with Gasteiger partial charge in [0.15, 0.2) is 11.3 Å². The van der Waals surface area contributed by atoms with Crippen molar-refractivity contribution in [3.8, 4) is 11.3 Å². The monoisotopic (exact) mass is 366 g/mol. The van der Waals surface area contributed by atoms with Gasteiger partial charge in [0.25, 0.3) is 0 Å². The third-order valence-corrected chi connectivity index (χ3v) is 4.67. The van der Waals surface area contributed by atoms with Crippen LogP contribution in [0.3, 0.4) is 0 Å². The predicted molar refractivity (Wildman–Crippen MR) is 97.6 cm³/mol. The van der Waals surface area contributed by atoms with Gasteiger partial charge in [-0.3, -0.25) is 4.79 Å². The van der Waals surface area contributed by atoms with Crippen LogP contribution in [0.2, 0.25) is 0 Å². The number of carboxylic acid groups (broad SMARTS) is 1. The normalized spacial score (nSPS) is 14.6. The largest absolute Gasteiger partial charge is 0.476 e. The van der Waals surface area contributed by atoms with Crippen molar-refractivity contribution in [2.24, 2.45) is 0 Å². The average molecular weight is 366 g/mol. The quantitative estimate of drug-likeness (QED) is 0.742. The fraction of sp³-hybridized carbons (Fsp3) is 0.278. The summed E-state index contributed by atoms with van der Waals surface area (Å²) < 4.78 is 1.52. The topological polar surface area (TPSA) is 104 Å². The van der Waals surface area contributed by atoms with E-state index in [1.807, 2.05) is 17.0 Å². The Morgan fingerprint density at radius 1 is 1.07 bits per heavy atom. The number of nitrogens with zero attached hydrogens (tertiary/aromatic N) is 6. The van der Waals surface area contributed by atoms with Crippen LogP contribution >= 0.6 is 0 Å². The number of carbonyl (C=O) groups is 2. The molecule has 0 aromatic carbocycles. The Labute approximate surface area is 154 Å². The molecule has 3 aromatic heterocycles. The van der Waals surface area contributed by atoms with E-state index in [1.165, 1.54) is 10.6 Å². The van der Waals surface area contributed by atoms with Gasteiger partial charge in [0.05, 0.1) is 11.9 Å². The fourth-order valence-corrected chi connectivity index (χ4v) is 3.19. The maximum absolute atomic E-state index is 11.5. The Morgan fingerprint density at radius 3 is 2.56 bits per heavy atom. The lowest BCUT2D eigenvalue weighted by Crippen LogP contribution is -2.48. The molecular weight excluding hydrogens is 348 g/mol. The molecule has 0 saturated carbocycles. The highest BCUT2D eigenvalue weighted by Crippen LogP contribution is 2.24.